The lowest BCUT2D eigenvalue weighted by molar-refractivity contribution is -0.136. The Hall–Kier alpha value is -5.66. The zero-order valence-corrected chi connectivity index (χ0v) is 27.3. The van der Waals surface area contributed by atoms with Crippen molar-refractivity contribution in [2.45, 2.75) is 38.4 Å². The van der Waals surface area contributed by atoms with E-state index in [2.05, 4.69) is 10.6 Å². The average molecular weight is 657 g/mol. The second kappa shape index (κ2) is 12.5. The first-order valence-corrected chi connectivity index (χ1v) is 15.5. The Morgan fingerprint density at radius 3 is 2.29 bits per heavy atom. The minimum atomic E-state index is -1.05. The molecule has 0 bridgehead atoms. The first-order valence-electron chi connectivity index (χ1n) is 15.5. The number of carbonyl (C=O) groups excluding carboxylic acids is 5. The lowest BCUT2D eigenvalue weighted by Gasteiger charge is -2.30. The van der Waals surface area contributed by atoms with Crippen molar-refractivity contribution in [2.24, 2.45) is 7.05 Å². The first-order chi connectivity index (χ1) is 23.0. The number of aryl methyl sites for hydroxylation is 1. The molecule has 1 aromatic heterocycles. The summed E-state index contributed by atoms with van der Waals surface area (Å²) >= 11 is 0. The lowest BCUT2D eigenvalue weighted by Crippen LogP contribution is -2.54. The maximum Gasteiger partial charge on any atom is 0.317 e. The van der Waals surface area contributed by atoms with Crippen LogP contribution in [-0.4, -0.2) is 84.9 Å². The minimum Gasteiger partial charge on any atom is -0.496 e. The first kappa shape index (κ1) is 32.3. The summed E-state index contributed by atoms with van der Waals surface area (Å²) in [5.41, 5.74) is 4.63. The van der Waals surface area contributed by atoms with Gasteiger partial charge in [0.2, 0.25) is 11.8 Å². The average Bonchev–Trinajstić information content (AvgIpc) is 3.33. The lowest BCUT2D eigenvalue weighted by atomic mass is 9.91. The molecule has 1 fully saturated rings. The predicted octanol–water partition coefficient (Wildman–Crippen LogP) is 1.80. The van der Waals surface area contributed by atoms with E-state index in [1.54, 1.807) is 57.6 Å². The molecule has 1 unspecified atom stereocenters. The minimum absolute atomic E-state index is 0.0431. The van der Waals surface area contributed by atoms with Gasteiger partial charge in [-0.2, -0.15) is 0 Å². The summed E-state index contributed by atoms with van der Waals surface area (Å²) < 4.78 is 13.2. The molecule has 250 valence electrons. The Balaban J connectivity index is 1.30. The van der Waals surface area contributed by atoms with Gasteiger partial charge in [0.1, 0.15) is 17.5 Å². The standard InChI is InChI=1S/C34H36N6O8/c1-35-34(46)39-11-10-20-23(15-38(3)31(43)24(20)17-39)18-12-27(47-4)25(28(13-18)48-5)16-37(2)19-6-7-21-22(14-19)33(45)40(32(21)44)26-8-9-29(41)36-30(26)42/h6-7,12-15,26H,8-11,16-17H2,1-5H3,(H,35,46)(H,36,41,42). The molecule has 6 amide bonds. The van der Waals surface area contributed by atoms with Crippen molar-refractivity contribution < 1.29 is 33.4 Å². The molecule has 3 aromatic rings. The van der Waals surface area contributed by atoms with Crippen molar-refractivity contribution in [2.75, 3.05) is 39.8 Å². The summed E-state index contributed by atoms with van der Waals surface area (Å²) in [5.74, 6) is -1.17. The Morgan fingerprint density at radius 2 is 1.65 bits per heavy atom. The highest BCUT2D eigenvalue weighted by Crippen LogP contribution is 2.39. The quantitative estimate of drug-likeness (QED) is 0.362. The molecule has 1 atom stereocenters. The Bertz CT molecular complexity index is 1930. The van der Waals surface area contributed by atoms with Gasteiger partial charge in [-0.15, -0.1) is 0 Å². The number of hydrogen-bond acceptors (Lipinski definition) is 9. The Labute approximate surface area is 276 Å². The molecule has 3 aliphatic heterocycles. The van der Waals surface area contributed by atoms with Crippen LogP contribution in [0, 0.1) is 0 Å². The molecule has 48 heavy (non-hydrogen) atoms. The highest BCUT2D eigenvalue weighted by Gasteiger charge is 2.44. The van der Waals surface area contributed by atoms with Crippen molar-refractivity contribution in [3.63, 3.8) is 0 Å². The molecule has 1 saturated heterocycles. The van der Waals surface area contributed by atoms with Crippen LogP contribution in [0.5, 0.6) is 11.5 Å². The number of imide groups is 2. The van der Waals surface area contributed by atoms with Gasteiger partial charge in [0, 0.05) is 63.7 Å². The van der Waals surface area contributed by atoms with Crippen LogP contribution in [0.25, 0.3) is 11.1 Å². The number of benzene rings is 2. The van der Waals surface area contributed by atoms with E-state index in [9.17, 15) is 28.8 Å². The van der Waals surface area contributed by atoms with E-state index in [1.807, 2.05) is 24.1 Å². The summed E-state index contributed by atoms with van der Waals surface area (Å²) in [6.45, 7) is 0.966. The molecule has 0 aliphatic carbocycles. The van der Waals surface area contributed by atoms with Crippen LogP contribution in [0.2, 0.25) is 0 Å². The fraction of sp³-hybridized carbons (Fsp3) is 0.353. The summed E-state index contributed by atoms with van der Waals surface area (Å²) in [5, 5.41) is 4.83. The van der Waals surface area contributed by atoms with Crippen molar-refractivity contribution in [1.29, 1.82) is 0 Å². The normalized spacial score (nSPS) is 17.1. The van der Waals surface area contributed by atoms with Gasteiger partial charge in [0.05, 0.1) is 37.5 Å². The maximum atomic E-state index is 13.4. The van der Waals surface area contributed by atoms with Crippen LogP contribution >= 0.6 is 0 Å². The number of pyridine rings is 1. The fourth-order valence-electron chi connectivity index (χ4n) is 6.70. The van der Waals surface area contributed by atoms with Gasteiger partial charge >= 0.3 is 6.03 Å². The molecular formula is C34H36N6O8. The number of ether oxygens (including phenoxy) is 2. The summed E-state index contributed by atoms with van der Waals surface area (Å²) in [6.07, 6.45) is 2.41. The number of urea groups is 1. The molecule has 0 spiro atoms. The van der Waals surface area contributed by atoms with Gasteiger partial charge in [0.25, 0.3) is 17.4 Å². The molecule has 4 heterocycles. The van der Waals surface area contributed by atoms with Gasteiger partial charge in [-0.1, -0.05) is 0 Å². The number of amides is 6. The van der Waals surface area contributed by atoms with Crippen LogP contribution in [0.1, 0.15) is 50.2 Å². The zero-order valence-electron chi connectivity index (χ0n) is 27.3. The van der Waals surface area contributed by atoms with Crippen LogP contribution < -0.4 is 30.6 Å². The largest absolute Gasteiger partial charge is 0.496 e. The summed E-state index contributed by atoms with van der Waals surface area (Å²) in [7, 11) is 8.19. The van der Waals surface area contributed by atoms with Gasteiger partial charge in [-0.05, 0) is 54.3 Å². The molecule has 2 aromatic carbocycles. The van der Waals surface area contributed by atoms with Crippen LogP contribution in [0.4, 0.5) is 10.5 Å². The Kier molecular flexibility index (Phi) is 8.41. The summed E-state index contributed by atoms with van der Waals surface area (Å²) in [4.78, 5) is 80.5. The van der Waals surface area contributed by atoms with E-state index < -0.39 is 29.7 Å². The van der Waals surface area contributed by atoms with Crippen LogP contribution in [-0.2, 0) is 36.1 Å². The van der Waals surface area contributed by atoms with Crippen LogP contribution in [0.15, 0.2) is 41.3 Å². The number of nitrogens with zero attached hydrogens (tertiary/aromatic N) is 4. The van der Waals surface area contributed by atoms with E-state index in [0.29, 0.717) is 42.3 Å². The topological polar surface area (TPSA) is 160 Å². The fourth-order valence-corrected chi connectivity index (χ4v) is 6.70. The number of rotatable bonds is 7. The van der Waals surface area contributed by atoms with E-state index in [-0.39, 0.29) is 42.1 Å². The maximum absolute atomic E-state index is 13.4. The number of nitrogens with one attached hydrogen (secondary N) is 2. The van der Waals surface area contributed by atoms with E-state index >= 15 is 0 Å². The van der Waals surface area contributed by atoms with Crippen molar-refractivity contribution in [3.05, 3.63) is 74.7 Å². The molecule has 14 heteroatoms. The molecule has 2 N–H and O–H groups in total. The van der Waals surface area contributed by atoms with Gasteiger partial charge < -0.3 is 29.2 Å². The third kappa shape index (κ3) is 5.42. The number of aromatic nitrogens is 1. The van der Waals surface area contributed by atoms with Crippen molar-refractivity contribution >= 4 is 35.3 Å². The molecule has 14 nitrogen and oxygen atoms in total. The number of hydrogen-bond donors (Lipinski definition) is 2. The number of anilines is 1. The zero-order chi connectivity index (χ0) is 34.4. The van der Waals surface area contributed by atoms with Gasteiger partial charge in [0.15, 0.2) is 0 Å². The van der Waals surface area contributed by atoms with Crippen molar-refractivity contribution in [1.82, 2.24) is 25.0 Å². The SMILES string of the molecule is CNC(=O)N1CCc2c(-c3cc(OC)c(CN(C)c4ccc5c(c4)C(=O)N(C4CCC(=O)NC4=O)C5=O)c(OC)c3)cn(C)c(=O)c2C1. The monoisotopic (exact) mass is 656 g/mol. The molecule has 3 aliphatic rings. The number of carbonyl (C=O) groups is 5. The highest BCUT2D eigenvalue weighted by atomic mass is 16.5. The number of methoxy groups -OCH3 is 2. The third-order valence-electron chi connectivity index (χ3n) is 9.25. The predicted molar refractivity (Wildman–Crippen MR) is 174 cm³/mol. The van der Waals surface area contributed by atoms with E-state index in [1.165, 1.54) is 4.57 Å². The second-order valence-electron chi connectivity index (χ2n) is 12.0. The molecule has 6 rings (SSSR count). The van der Waals surface area contributed by atoms with Gasteiger partial charge in [-0.3, -0.25) is 34.2 Å². The summed E-state index contributed by atoms with van der Waals surface area (Å²) in [6, 6.07) is 7.40. The Morgan fingerprint density at radius 1 is 0.958 bits per heavy atom. The molecular weight excluding hydrogens is 620 g/mol. The van der Waals surface area contributed by atoms with Gasteiger partial charge in [-0.25, -0.2) is 4.79 Å². The number of fused-ring (bicyclic) bond motifs is 2. The highest BCUT2D eigenvalue weighted by molar-refractivity contribution is 6.23. The number of piperidine rings is 1. The van der Waals surface area contributed by atoms with Crippen molar-refractivity contribution in [3.8, 4) is 22.6 Å². The second-order valence-corrected chi connectivity index (χ2v) is 12.0. The van der Waals surface area contributed by atoms with E-state index in [0.717, 1.165) is 27.2 Å². The van der Waals surface area contributed by atoms with E-state index in [4.69, 9.17) is 9.47 Å². The molecule has 0 radical (unpaired) electrons. The molecule has 0 saturated carbocycles. The van der Waals surface area contributed by atoms with Crippen LogP contribution in [0.3, 0.4) is 0 Å². The third-order valence-corrected chi connectivity index (χ3v) is 9.25. The smallest absolute Gasteiger partial charge is 0.317 e.